The summed E-state index contributed by atoms with van der Waals surface area (Å²) in [6.07, 6.45) is 0. The third-order valence-electron chi connectivity index (χ3n) is 15.0. The van der Waals surface area contributed by atoms with Gasteiger partial charge in [-0.2, -0.15) is 0 Å². The number of halogens is 1. The molecule has 1 aliphatic carbocycles. The first-order valence-corrected chi connectivity index (χ1v) is 25.6. The van der Waals surface area contributed by atoms with Gasteiger partial charge in [-0.15, -0.1) is 11.3 Å². The van der Waals surface area contributed by atoms with E-state index in [1.54, 1.807) is 0 Å². The minimum absolute atomic E-state index is 0.142. The van der Waals surface area contributed by atoms with Crippen LogP contribution >= 0.6 is 22.9 Å². The second-order valence-corrected chi connectivity index (χ2v) is 20.3. The van der Waals surface area contributed by atoms with Crippen molar-refractivity contribution in [3.05, 3.63) is 305 Å². The summed E-state index contributed by atoms with van der Waals surface area (Å²) in [6.45, 7) is 0. The van der Waals surface area contributed by atoms with Gasteiger partial charge in [0.05, 0.1) is 21.1 Å². The SMILES string of the molecule is Clc1cc(-c2cc3c4ccccc4n(-c4ccccc4)c3c3sc4ccccc4c23)cc(C(c2ccc(-c3ccccc3)cc2)c2ccc3c(c2)-c2ccccc2C3(c2ccccc2)c2ccccc2)c1. The van der Waals surface area contributed by atoms with Crippen LogP contribution in [-0.4, -0.2) is 4.57 Å². The zero-order valence-corrected chi connectivity index (χ0v) is 40.2. The van der Waals surface area contributed by atoms with Gasteiger partial charge in [0, 0.05) is 42.9 Å². The highest BCUT2D eigenvalue weighted by Gasteiger charge is 2.46. The number of hydrogen-bond donors (Lipinski definition) is 0. The maximum atomic E-state index is 7.50. The number of hydrogen-bond acceptors (Lipinski definition) is 1. The molecule has 13 aromatic rings. The molecule has 2 heterocycles. The number of rotatable bonds is 8. The molecular formula is C68H44ClNS. The molecule has 0 radical (unpaired) electrons. The number of thiophene rings is 1. The molecule has 11 aromatic carbocycles. The first-order chi connectivity index (χ1) is 35.1. The fraction of sp³-hybridized carbons (Fsp3) is 0.0294. The quantitative estimate of drug-likeness (QED) is 0.134. The number of fused-ring (bicyclic) bond motifs is 10. The molecule has 0 saturated carbocycles. The summed E-state index contributed by atoms with van der Waals surface area (Å²) >= 11 is 9.38. The maximum Gasteiger partial charge on any atom is 0.0720 e. The first-order valence-electron chi connectivity index (χ1n) is 24.4. The largest absolute Gasteiger partial charge is 0.308 e. The van der Waals surface area contributed by atoms with E-state index in [4.69, 9.17) is 11.6 Å². The normalized spacial score (nSPS) is 13.2. The van der Waals surface area contributed by atoms with Gasteiger partial charge >= 0.3 is 0 Å². The van der Waals surface area contributed by atoms with Crippen molar-refractivity contribution in [2.45, 2.75) is 11.3 Å². The van der Waals surface area contributed by atoms with Crippen LogP contribution in [0.4, 0.5) is 0 Å². The summed E-state index contributed by atoms with van der Waals surface area (Å²) in [7, 11) is 0. The lowest BCUT2D eigenvalue weighted by atomic mass is 9.67. The van der Waals surface area contributed by atoms with E-state index in [1.807, 2.05) is 11.3 Å². The van der Waals surface area contributed by atoms with Gasteiger partial charge < -0.3 is 4.57 Å². The lowest BCUT2D eigenvalue weighted by Gasteiger charge is -2.34. The zero-order chi connectivity index (χ0) is 47.0. The van der Waals surface area contributed by atoms with Crippen LogP contribution in [0.3, 0.4) is 0 Å². The molecule has 0 N–H and O–H groups in total. The van der Waals surface area contributed by atoms with Crippen molar-refractivity contribution in [1.29, 1.82) is 0 Å². The fourth-order valence-corrected chi connectivity index (χ4v) is 13.6. The number of para-hydroxylation sites is 2. The van der Waals surface area contributed by atoms with E-state index in [-0.39, 0.29) is 5.92 Å². The van der Waals surface area contributed by atoms with Crippen molar-refractivity contribution in [1.82, 2.24) is 4.57 Å². The van der Waals surface area contributed by atoms with E-state index >= 15 is 0 Å². The predicted octanol–water partition coefficient (Wildman–Crippen LogP) is 18.7. The Balaban J connectivity index is 1.02. The van der Waals surface area contributed by atoms with Crippen molar-refractivity contribution in [2.75, 3.05) is 0 Å². The van der Waals surface area contributed by atoms with Gasteiger partial charge in [0.1, 0.15) is 0 Å². The summed E-state index contributed by atoms with van der Waals surface area (Å²) in [5.74, 6) is -0.142. The molecule has 334 valence electrons. The highest BCUT2D eigenvalue weighted by Crippen LogP contribution is 2.57. The van der Waals surface area contributed by atoms with Crippen molar-refractivity contribution in [3.8, 4) is 39.1 Å². The van der Waals surface area contributed by atoms with Crippen LogP contribution in [0.5, 0.6) is 0 Å². The molecule has 0 saturated heterocycles. The summed E-state index contributed by atoms with van der Waals surface area (Å²) in [6, 6.07) is 96.0. The lowest BCUT2D eigenvalue weighted by Crippen LogP contribution is -2.28. The van der Waals surface area contributed by atoms with E-state index in [1.165, 1.54) is 103 Å². The van der Waals surface area contributed by atoms with Crippen LogP contribution in [-0.2, 0) is 5.41 Å². The molecule has 1 atom stereocenters. The van der Waals surface area contributed by atoms with Gasteiger partial charge in [0.15, 0.2) is 0 Å². The Kier molecular flexibility index (Phi) is 9.81. The van der Waals surface area contributed by atoms with Crippen LogP contribution in [0.25, 0.3) is 81.0 Å². The van der Waals surface area contributed by atoms with E-state index < -0.39 is 5.41 Å². The Labute approximate surface area is 422 Å². The lowest BCUT2D eigenvalue weighted by molar-refractivity contribution is 0.767. The third kappa shape index (κ3) is 6.52. The van der Waals surface area contributed by atoms with Gasteiger partial charge in [-0.25, -0.2) is 0 Å². The monoisotopic (exact) mass is 941 g/mol. The Hall–Kier alpha value is -8.27. The highest BCUT2D eigenvalue weighted by molar-refractivity contribution is 7.26. The standard InChI is InChI=1S/C68H44ClNS/c69-52-40-48(57-43-59-55-28-14-17-31-62(55)70(53-25-11-4-12-26-53)66(59)67-65(57)56-29-15-18-32-63(56)71-67)39-49(41-52)64(46-35-33-45(34-36-46)44-19-5-1-6-20-44)47-37-38-61-58(42-47)54-27-13-16-30-60(54)68(61,50-21-7-2-8-22-50)51-23-9-3-10-24-51/h1-43,64H. The number of nitrogens with zero attached hydrogens (tertiary/aromatic N) is 1. The molecule has 3 heteroatoms. The van der Waals surface area contributed by atoms with E-state index in [2.05, 4.69) is 265 Å². The molecule has 14 rings (SSSR count). The van der Waals surface area contributed by atoms with Crippen molar-refractivity contribution in [2.24, 2.45) is 0 Å². The van der Waals surface area contributed by atoms with Gasteiger partial charge in [-0.3, -0.25) is 0 Å². The molecule has 2 aromatic heterocycles. The van der Waals surface area contributed by atoms with E-state index in [0.717, 1.165) is 16.8 Å². The molecule has 1 unspecified atom stereocenters. The molecule has 0 fully saturated rings. The number of benzene rings is 11. The fourth-order valence-electron chi connectivity index (χ4n) is 12.1. The zero-order valence-electron chi connectivity index (χ0n) is 38.6. The molecule has 0 spiro atoms. The topological polar surface area (TPSA) is 4.93 Å². The van der Waals surface area contributed by atoms with Crippen LogP contribution in [0, 0.1) is 0 Å². The highest BCUT2D eigenvalue weighted by atomic mass is 35.5. The molecule has 0 amide bonds. The van der Waals surface area contributed by atoms with Crippen LogP contribution < -0.4 is 0 Å². The molecule has 1 nitrogen and oxygen atoms in total. The molecule has 0 bridgehead atoms. The second kappa shape index (κ2) is 16.7. The molecule has 1 aliphatic rings. The summed E-state index contributed by atoms with van der Waals surface area (Å²) in [4.78, 5) is 0. The summed E-state index contributed by atoms with van der Waals surface area (Å²) < 4.78 is 4.99. The van der Waals surface area contributed by atoms with E-state index in [0.29, 0.717) is 5.02 Å². The Morgan fingerprint density at radius 3 is 1.73 bits per heavy atom. The average molecular weight is 943 g/mol. The van der Waals surface area contributed by atoms with Gasteiger partial charge in [-0.1, -0.05) is 224 Å². The second-order valence-electron chi connectivity index (χ2n) is 18.8. The summed E-state index contributed by atoms with van der Waals surface area (Å²) in [5, 5.41) is 5.67. The minimum atomic E-state index is -0.486. The molecule has 71 heavy (non-hydrogen) atoms. The average Bonchev–Trinajstić information content (AvgIpc) is 4.09. The summed E-state index contributed by atoms with van der Waals surface area (Å²) in [5.41, 5.74) is 18.9. The first kappa shape index (κ1) is 41.7. The Morgan fingerprint density at radius 2 is 0.986 bits per heavy atom. The van der Waals surface area contributed by atoms with Crippen molar-refractivity contribution < 1.29 is 0 Å². The maximum absolute atomic E-state index is 7.50. The molecular weight excluding hydrogens is 898 g/mol. The van der Waals surface area contributed by atoms with E-state index in [9.17, 15) is 0 Å². The smallest absolute Gasteiger partial charge is 0.0720 e. The minimum Gasteiger partial charge on any atom is -0.308 e. The third-order valence-corrected chi connectivity index (χ3v) is 16.4. The predicted molar refractivity (Wildman–Crippen MR) is 301 cm³/mol. The van der Waals surface area contributed by atoms with Gasteiger partial charge in [0.2, 0.25) is 0 Å². The Bertz CT molecular complexity index is 4110. The van der Waals surface area contributed by atoms with Gasteiger partial charge in [0.25, 0.3) is 0 Å². The van der Waals surface area contributed by atoms with Crippen LogP contribution in [0.1, 0.15) is 44.9 Å². The number of aromatic nitrogens is 1. The van der Waals surface area contributed by atoms with Crippen molar-refractivity contribution in [3.63, 3.8) is 0 Å². The Morgan fingerprint density at radius 1 is 0.394 bits per heavy atom. The van der Waals surface area contributed by atoms with Crippen LogP contribution in [0.2, 0.25) is 5.02 Å². The van der Waals surface area contributed by atoms with Crippen molar-refractivity contribution >= 4 is 64.9 Å². The van der Waals surface area contributed by atoms with Gasteiger partial charge in [-0.05, 0) is 121 Å². The molecule has 0 aliphatic heterocycles. The van der Waals surface area contributed by atoms with Crippen LogP contribution in [0.15, 0.2) is 261 Å².